The van der Waals surface area contributed by atoms with E-state index in [1.807, 2.05) is 19.1 Å². The SMILES string of the molecule is Cc1nn(-c2nncc(-c3ccc(Cl)cc3)n2)c2c1[C@@H](c1ccc(C(=O)O)cc1)CC(=O)N2. The fraction of sp³-hybridized carbons (Fsp3) is 0.130. The number of aryl methyl sites for hydroxylation is 1. The van der Waals surface area contributed by atoms with Gasteiger partial charge in [-0.2, -0.15) is 14.9 Å². The molecule has 0 fully saturated rings. The zero-order chi connectivity index (χ0) is 23.1. The molecular weight excluding hydrogens is 444 g/mol. The smallest absolute Gasteiger partial charge is 0.335 e. The second-order valence-corrected chi connectivity index (χ2v) is 8.08. The first-order valence-corrected chi connectivity index (χ1v) is 10.5. The number of amides is 1. The number of aromatic carboxylic acids is 1. The lowest BCUT2D eigenvalue weighted by Crippen LogP contribution is -2.25. The van der Waals surface area contributed by atoms with Gasteiger partial charge in [0.05, 0.1) is 23.1 Å². The van der Waals surface area contributed by atoms with Crippen molar-refractivity contribution in [1.82, 2.24) is 25.0 Å². The molecule has 0 radical (unpaired) electrons. The Balaban J connectivity index is 1.58. The van der Waals surface area contributed by atoms with Gasteiger partial charge >= 0.3 is 5.97 Å². The molecule has 2 N–H and O–H groups in total. The molecule has 10 heteroatoms. The Morgan fingerprint density at radius 1 is 1.15 bits per heavy atom. The van der Waals surface area contributed by atoms with Crippen LogP contribution in [0.2, 0.25) is 5.02 Å². The number of halogens is 1. The van der Waals surface area contributed by atoms with E-state index in [1.54, 1.807) is 30.5 Å². The molecule has 5 rings (SSSR count). The van der Waals surface area contributed by atoms with Crippen molar-refractivity contribution in [2.75, 3.05) is 5.32 Å². The number of hydrogen-bond donors (Lipinski definition) is 2. The van der Waals surface area contributed by atoms with Crippen LogP contribution >= 0.6 is 11.6 Å². The molecule has 9 nitrogen and oxygen atoms in total. The topological polar surface area (TPSA) is 123 Å². The molecule has 4 aromatic rings. The van der Waals surface area contributed by atoms with Crippen molar-refractivity contribution in [2.24, 2.45) is 0 Å². The van der Waals surface area contributed by atoms with Gasteiger partial charge in [0.2, 0.25) is 5.91 Å². The van der Waals surface area contributed by atoms with E-state index >= 15 is 0 Å². The predicted molar refractivity (Wildman–Crippen MR) is 121 cm³/mol. The first kappa shape index (κ1) is 20.8. The van der Waals surface area contributed by atoms with E-state index in [-0.39, 0.29) is 29.8 Å². The molecule has 1 atom stereocenters. The Morgan fingerprint density at radius 2 is 1.88 bits per heavy atom. The van der Waals surface area contributed by atoms with Crippen molar-refractivity contribution in [3.8, 4) is 17.2 Å². The van der Waals surface area contributed by atoms with E-state index in [1.165, 1.54) is 16.8 Å². The minimum absolute atomic E-state index is 0.183. The van der Waals surface area contributed by atoms with Crippen LogP contribution in [0.3, 0.4) is 0 Å². The van der Waals surface area contributed by atoms with Crippen molar-refractivity contribution in [3.05, 3.63) is 82.1 Å². The highest BCUT2D eigenvalue weighted by Gasteiger charge is 2.33. The number of carboxylic acids is 1. The minimum atomic E-state index is -1.00. The summed E-state index contributed by atoms with van der Waals surface area (Å²) in [6.07, 6.45) is 1.76. The molecule has 2 aromatic carbocycles. The van der Waals surface area contributed by atoms with Crippen LogP contribution in [0.15, 0.2) is 54.7 Å². The summed E-state index contributed by atoms with van der Waals surface area (Å²) in [5.74, 6) is -0.770. The molecule has 0 bridgehead atoms. The van der Waals surface area contributed by atoms with Crippen LogP contribution in [0.5, 0.6) is 0 Å². The third-order valence-corrected chi connectivity index (χ3v) is 5.79. The standard InChI is InChI=1S/C23H17ClN6O3/c1-12-20-17(13-2-4-15(5-3-13)22(32)33)10-19(31)27-21(20)30(29-12)23-26-18(11-25-28-23)14-6-8-16(24)9-7-14/h2-9,11,17H,10H2,1H3,(H,27,31)(H,32,33)/t17-/m1/s1. The lowest BCUT2D eigenvalue weighted by Gasteiger charge is -2.24. The summed E-state index contributed by atoms with van der Waals surface area (Å²) in [5, 5.41) is 25.5. The molecular formula is C23H17ClN6O3. The number of carbonyl (C=O) groups is 2. The van der Waals surface area contributed by atoms with E-state index in [2.05, 4.69) is 25.6 Å². The Labute approximate surface area is 193 Å². The van der Waals surface area contributed by atoms with E-state index in [0.717, 1.165) is 16.7 Å². The van der Waals surface area contributed by atoms with Gasteiger partial charge in [0.25, 0.3) is 5.95 Å². The molecule has 0 saturated carbocycles. The zero-order valence-corrected chi connectivity index (χ0v) is 18.1. The second kappa shape index (κ2) is 8.10. The number of hydrogen-bond acceptors (Lipinski definition) is 6. The summed E-state index contributed by atoms with van der Waals surface area (Å²) in [6.45, 7) is 1.85. The van der Waals surface area contributed by atoms with Crippen LogP contribution in [0.25, 0.3) is 17.2 Å². The number of fused-ring (bicyclic) bond motifs is 1. The summed E-state index contributed by atoms with van der Waals surface area (Å²) in [7, 11) is 0. The molecule has 3 heterocycles. The lowest BCUT2D eigenvalue weighted by atomic mass is 9.85. The van der Waals surface area contributed by atoms with Gasteiger partial charge in [0.15, 0.2) is 0 Å². The van der Waals surface area contributed by atoms with Crippen molar-refractivity contribution < 1.29 is 14.7 Å². The highest BCUT2D eigenvalue weighted by atomic mass is 35.5. The molecule has 0 spiro atoms. The first-order chi connectivity index (χ1) is 15.9. The summed E-state index contributed by atoms with van der Waals surface area (Å²) < 4.78 is 1.48. The molecule has 1 aliphatic heterocycles. The van der Waals surface area contributed by atoms with Crippen LogP contribution in [0.1, 0.15) is 39.5 Å². The maximum atomic E-state index is 12.6. The predicted octanol–water partition coefficient (Wildman–Crippen LogP) is 3.86. The fourth-order valence-corrected chi connectivity index (χ4v) is 4.10. The van der Waals surface area contributed by atoms with Crippen LogP contribution in [0, 0.1) is 6.92 Å². The number of carboxylic acid groups (broad SMARTS) is 1. The normalized spacial score (nSPS) is 15.1. The van der Waals surface area contributed by atoms with Gasteiger partial charge in [0.1, 0.15) is 5.82 Å². The van der Waals surface area contributed by atoms with Crippen LogP contribution in [-0.4, -0.2) is 41.9 Å². The largest absolute Gasteiger partial charge is 0.478 e. The van der Waals surface area contributed by atoms with Gasteiger partial charge in [0, 0.05) is 28.5 Å². The fourth-order valence-electron chi connectivity index (χ4n) is 3.98. The number of nitrogens with one attached hydrogen (secondary N) is 1. The Hall–Kier alpha value is -4.11. The van der Waals surface area contributed by atoms with Crippen molar-refractivity contribution in [1.29, 1.82) is 0 Å². The van der Waals surface area contributed by atoms with E-state index in [9.17, 15) is 14.7 Å². The third-order valence-electron chi connectivity index (χ3n) is 5.54. The maximum Gasteiger partial charge on any atom is 0.335 e. The monoisotopic (exact) mass is 460 g/mol. The average molecular weight is 461 g/mol. The van der Waals surface area contributed by atoms with Crippen molar-refractivity contribution in [3.63, 3.8) is 0 Å². The summed E-state index contributed by atoms with van der Waals surface area (Å²) in [4.78, 5) is 28.4. The van der Waals surface area contributed by atoms with E-state index in [0.29, 0.717) is 22.2 Å². The Morgan fingerprint density at radius 3 is 2.58 bits per heavy atom. The van der Waals surface area contributed by atoms with E-state index in [4.69, 9.17) is 11.6 Å². The third kappa shape index (κ3) is 3.83. The number of anilines is 1. The minimum Gasteiger partial charge on any atom is -0.478 e. The Kier molecular flexibility index (Phi) is 5.10. The molecule has 0 unspecified atom stereocenters. The highest BCUT2D eigenvalue weighted by Crippen LogP contribution is 2.40. The van der Waals surface area contributed by atoms with Gasteiger partial charge in [-0.1, -0.05) is 35.9 Å². The molecule has 1 aliphatic rings. The van der Waals surface area contributed by atoms with Crippen LogP contribution < -0.4 is 5.32 Å². The maximum absolute atomic E-state index is 12.6. The number of aromatic nitrogens is 5. The molecule has 164 valence electrons. The summed E-state index contributed by atoms with van der Waals surface area (Å²) in [6, 6.07) is 13.7. The van der Waals surface area contributed by atoms with E-state index < -0.39 is 5.97 Å². The summed E-state index contributed by atoms with van der Waals surface area (Å²) >= 11 is 5.98. The molecule has 0 saturated heterocycles. The zero-order valence-electron chi connectivity index (χ0n) is 17.4. The molecule has 33 heavy (non-hydrogen) atoms. The number of benzene rings is 2. The lowest BCUT2D eigenvalue weighted by molar-refractivity contribution is -0.116. The van der Waals surface area contributed by atoms with Gasteiger partial charge in [-0.05, 0) is 36.8 Å². The molecule has 0 aliphatic carbocycles. The van der Waals surface area contributed by atoms with Crippen molar-refractivity contribution >= 4 is 29.3 Å². The highest BCUT2D eigenvalue weighted by molar-refractivity contribution is 6.30. The van der Waals surface area contributed by atoms with Crippen molar-refractivity contribution in [2.45, 2.75) is 19.3 Å². The molecule has 2 aromatic heterocycles. The Bertz CT molecular complexity index is 1380. The number of carbonyl (C=O) groups excluding carboxylic acids is 1. The van der Waals surface area contributed by atoms with Gasteiger partial charge in [-0.15, -0.1) is 5.10 Å². The van der Waals surface area contributed by atoms with Crippen LogP contribution in [0.4, 0.5) is 5.82 Å². The van der Waals surface area contributed by atoms with Crippen LogP contribution in [-0.2, 0) is 4.79 Å². The quantitative estimate of drug-likeness (QED) is 0.474. The second-order valence-electron chi connectivity index (χ2n) is 7.64. The summed E-state index contributed by atoms with van der Waals surface area (Å²) in [5.41, 5.74) is 3.95. The molecule has 1 amide bonds. The van der Waals surface area contributed by atoms with Gasteiger partial charge < -0.3 is 10.4 Å². The average Bonchev–Trinajstić information content (AvgIpc) is 3.15. The number of rotatable bonds is 4. The first-order valence-electron chi connectivity index (χ1n) is 10.1. The van der Waals surface area contributed by atoms with Gasteiger partial charge in [-0.3, -0.25) is 4.79 Å². The van der Waals surface area contributed by atoms with Gasteiger partial charge in [-0.25, -0.2) is 9.78 Å². The number of nitrogens with zero attached hydrogens (tertiary/aromatic N) is 5.